The average Bonchev–Trinajstić information content (AvgIpc) is 3.24. The average molecular weight is 439 g/mol. The molecular formula is C24H20ClFN2O3. The molecule has 5 rings (SSSR count). The summed E-state index contributed by atoms with van der Waals surface area (Å²) in [6.45, 7) is 0. The standard InChI is InChI=1S/C24H20ClFN2O3/c1-29-22-9-5-15(11-23(22)30-2)19-13-20-18-12-16(25)6-10-21(18)31-24(28(20)27-19)14-3-7-17(26)8-4-14/h3-12,20,24H,13H2,1-2H3/t20-,24-/m0/s1. The third-order valence-electron chi connectivity index (χ3n) is 5.62. The van der Waals surface area contributed by atoms with Crippen LogP contribution in [-0.2, 0) is 0 Å². The summed E-state index contributed by atoms with van der Waals surface area (Å²) < 4.78 is 30.6. The van der Waals surface area contributed by atoms with Crippen LogP contribution in [0.25, 0.3) is 0 Å². The Kier molecular flexibility index (Phi) is 4.94. The van der Waals surface area contributed by atoms with Crippen LogP contribution in [-0.4, -0.2) is 24.9 Å². The van der Waals surface area contributed by atoms with E-state index in [1.807, 2.05) is 41.4 Å². The van der Waals surface area contributed by atoms with Crippen molar-refractivity contribution >= 4 is 17.3 Å². The molecule has 0 unspecified atom stereocenters. The molecule has 0 N–H and O–H groups in total. The lowest BCUT2D eigenvalue weighted by molar-refractivity contribution is -0.0190. The predicted molar refractivity (Wildman–Crippen MR) is 117 cm³/mol. The summed E-state index contributed by atoms with van der Waals surface area (Å²) in [5.74, 6) is 1.76. The Morgan fingerprint density at radius 1 is 1.00 bits per heavy atom. The molecule has 158 valence electrons. The van der Waals surface area contributed by atoms with Gasteiger partial charge in [-0.05, 0) is 48.5 Å². The SMILES string of the molecule is COc1ccc(C2=NN3[C@@H](C2)c2cc(Cl)ccc2O[C@H]3c2ccc(F)cc2)cc1OC. The van der Waals surface area contributed by atoms with E-state index in [9.17, 15) is 4.39 Å². The van der Waals surface area contributed by atoms with E-state index in [2.05, 4.69) is 0 Å². The fraction of sp³-hybridized carbons (Fsp3) is 0.208. The second kappa shape index (κ2) is 7.78. The van der Waals surface area contributed by atoms with Crippen molar-refractivity contribution in [2.75, 3.05) is 14.2 Å². The molecule has 0 saturated carbocycles. The summed E-state index contributed by atoms with van der Waals surface area (Å²) in [5, 5.41) is 7.48. The molecule has 3 aromatic rings. The van der Waals surface area contributed by atoms with Gasteiger partial charge in [-0.2, -0.15) is 5.10 Å². The van der Waals surface area contributed by atoms with E-state index in [4.69, 9.17) is 30.9 Å². The molecule has 2 aliphatic rings. The van der Waals surface area contributed by atoms with Gasteiger partial charge in [-0.15, -0.1) is 0 Å². The Labute approximate surface area is 184 Å². The number of halogens is 2. The second-order valence-electron chi connectivity index (χ2n) is 7.42. The first kappa shape index (κ1) is 19.7. The molecule has 2 aliphatic heterocycles. The molecule has 2 heterocycles. The van der Waals surface area contributed by atoms with Crippen LogP contribution in [0.5, 0.6) is 17.2 Å². The van der Waals surface area contributed by atoms with E-state index in [0.29, 0.717) is 22.9 Å². The highest BCUT2D eigenvalue weighted by Gasteiger charge is 2.41. The summed E-state index contributed by atoms with van der Waals surface area (Å²) in [5.41, 5.74) is 3.64. The van der Waals surface area contributed by atoms with E-state index in [1.54, 1.807) is 26.4 Å². The third kappa shape index (κ3) is 3.47. The monoisotopic (exact) mass is 438 g/mol. The van der Waals surface area contributed by atoms with Crippen LogP contribution >= 0.6 is 11.6 Å². The summed E-state index contributed by atoms with van der Waals surface area (Å²) in [7, 11) is 3.22. The Morgan fingerprint density at radius 2 is 1.77 bits per heavy atom. The van der Waals surface area contributed by atoms with Crippen molar-refractivity contribution in [3.63, 3.8) is 0 Å². The van der Waals surface area contributed by atoms with E-state index in [1.165, 1.54) is 12.1 Å². The fourth-order valence-electron chi connectivity index (χ4n) is 4.10. The largest absolute Gasteiger partial charge is 0.493 e. The van der Waals surface area contributed by atoms with E-state index >= 15 is 0 Å². The van der Waals surface area contributed by atoms with Gasteiger partial charge in [-0.25, -0.2) is 9.40 Å². The molecule has 0 bridgehead atoms. The van der Waals surface area contributed by atoms with Crippen LogP contribution in [0.15, 0.2) is 65.8 Å². The highest BCUT2D eigenvalue weighted by Crippen LogP contribution is 2.48. The number of ether oxygens (including phenoxy) is 3. The highest BCUT2D eigenvalue weighted by atomic mass is 35.5. The minimum Gasteiger partial charge on any atom is -0.493 e. The van der Waals surface area contributed by atoms with Gasteiger partial charge in [-0.3, -0.25) is 0 Å². The van der Waals surface area contributed by atoms with Crippen LogP contribution in [0.3, 0.4) is 0 Å². The van der Waals surface area contributed by atoms with Crippen LogP contribution < -0.4 is 14.2 Å². The number of hydrogen-bond donors (Lipinski definition) is 0. The van der Waals surface area contributed by atoms with Crippen molar-refractivity contribution in [3.05, 3.63) is 88.2 Å². The van der Waals surface area contributed by atoms with Gasteiger partial charge in [0.05, 0.1) is 26.0 Å². The molecular weight excluding hydrogens is 419 g/mol. The maximum Gasteiger partial charge on any atom is 0.213 e. The highest BCUT2D eigenvalue weighted by molar-refractivity contribution is 6.30. The van der Waals surface area contributed by atoms with Crippen LogP contribution in [0.4, 0.5) is 4.39 Å². The van der Waals surface area contributed by atoms with Crippen molar-refractivity contribution in [3.8, 4) is 17.2 Å². The molecule has 0 spiro atoms. The molecule has 5 nitrogen and oxygen atoms in total. The fourth-order valence-corrected chi connectivity index (χ4v) is 4.28. The van der Waals surface area contributed by atoms with Crippen molar-refractivity contribution in [2.45, 2.75) is 18.7 Å². The number of benzene rings is 3. The van der Waals surface area contributed by atoms with Gasteiger partial charge in [0, 0.05) is 28.1 Å². The zero-order valence-electron chi connectivity index (χ0n) is 17.0. The van der Waals surface area contributed by atoms with Crippen LogP contribution in [0, 0.1) is 5.82 Å². The Balaban J connectivity index is 1.58. The molecule has 2 atom stereocenters. The third-order valence-corrected chi connectivity index (χ3v) is 5.86. The number of methoxy groups -OCH3 is 2. The van der Waals surface area contributed by atoms with E-state index in [0.717, 1.165) is 28.2 Å². The van der Waals surface area contributed by atoms with Gasteiger partial charge in [0.1, 0.15) is 11.6 Å². The molecule has 0 amide bonds. The Bertz CT molecular complexity index is 1170. The summed E-state index contributed by atoms with van der Waals surface area (Å²) in [4.78, 5) is 0. The van der Waals surface area contributed by atoms with Gasteiger partial charge in [0.25, 0.3) is 0 Å². The topological polar surface area (TPSA) is 43.3 Å². The first-order chi connectivity index (χ1) is 15.1. The zero-order chi connectivity index (χ0) is 21.5. The van der Waals surface area contributed by atoms with Gasteiger partial charge >= 0.3 is 0 Å². The Hall–Kier alpha value is -3.25. The summed E-state index contributed by atoms with van der Waals surface area (Å²) in [6.07, 6.45) is 0.195. The molecule has 0 aromatic heterocycles. The molecule has 0 radical (unpaired) electrons. The lowest BCUT2D eigenvalue weighted by atomic mass is 9.95. The zero-order valence-corrected chi connectivity index (χ0v) is 17.8. The van der Waals surface area contributed by atoms with Gasteiger partial charge in [0.15, 0.2) is 11.5 Å². The van der Waals surface area contributed by atoms with E-state index in [-0.39, 0.29) is 11.9 Å². The minimum atomic E-state index is -0.475. The normalized spacial score (nSPS) is 19.2. The summed E-state index contributed by atoms with van der Waals surface area (Å²) in [6, 6.07) is 17.6. The maximum absolute atomic E-state index is 13.5. The second-order valence-corrected chi connectivity index (χ2v) is 7.86. The molecule has 0 aliphatic carbocycles. The van der Waals surface area contributed by atoms with Crippen molar-refractivity contribution in [1.82, 2.24) is 5.01 Å². The number of hydrazone groups is 1. The lowest BCUT2D eigenvalue weighted by Crippen LogP contribution is -2.33. The molecule has 31 heavy (non-hydrogen) atoms. The van der Waals surface area contributed by atoms with Crippen LogP contribution in [0.2, 0.25) is 5.02 Å². The first-order valence-electron chi connectivity index (χ1n) is 9.87. The number of nitrogens with zero attached hydrogens (tertiary/aromatic N) is 2. The Morgan fingerprint density at radius 3 is 2.52 bits per heavy atom. The number of hydrogen-bond acceptors (Lipinski definition) is 5. The van der Waals surface area contributed by atoms with Gasteiger partial charge in [0.2, 0.25) is 6.23 Å². The number of fused-ring (bicyclic) bond motifs is 3. The van der Waals surface area contributed by atoms with Crippen molar-refractivity contribution in [2.24, 2.45) is 5.10 Å². The van der Waals surface area contributed by atoms with Crippen molar-refractivity contribution in [1.29, 1.82) is 0 Å². The lowest BCUT2D eigenvalue weighted by Gasteiger charge is -2.38. The maximum atomic E-state index is 13.5. The molecule has 0 saturated heterocycles. The smallest absolute Gasteiger partial charge is 0.213 e. The molecule has 7 heteroatoms. The minimum absolute atomic E-state index is 0.0550. The predicted octanol–water partition coefficient (Wildman–Crippen LogP) is 5.74. The van der Waals surface area contributed by atoms with Gasteiger partial charge < -0.3 is 14.2 Å². The first-order valence-corrected chi connectivity index (χ1v) is 10.2. The van der Waals surface area contributed by atoms with Crippen LogP contribution in [0.1, 0.15) is 35.4 Å². The molecule has 0 fully saturated rings. The quantitative estimate of drug-likeness (QED) is 0.521. The molecule has 3 aromatic carbocycles. The van der Waals surface area contributed by atoms with Gasteiger partial charge in [-0.1, -0.05) is 23.7 Å². The van der Waals surface area contributed by atoms with Crippen molar-refractivity contribution < 1.29 is 18.6 Å². The summed E-state index contributed by atoms with van der Waals surface area (Å²) >= 11 is 6.28. The van der Waals surface area contributed by atoms with E-state index < -0.39 is 6.23 Å². The number of rotatable bonds is 4.